The Balaban J connectivity index is 1.42. The number of rotatable bonds is 4. The highest BCUT2D eigenvalue weighted by Gasteiger charge is 2.41. The van der Waals surface area contributed by atoms with Crippen LogP contribution >= 0.6 is 0 Å². The number of alkyl halides is 3. The minimum atomic E-state index is -4.69. The maximum atomic E-state index is 14.5. The molecular formula is C28H23F6N3O2. The Labute approximate surface area is 219 Å². The molecule has 0 bridgehead atoms. The molecule has 39 heavy (non-hydrogen) atoms. The molecule has 0 atom stereocenters. The van der Waals surface area contributed by atoms with Crippen LogP contribution in [0.5, 0.6) is 0 Å². The summed E-state index contributed by atoms with van der Waals surface area (Å²) in [5.41, 5.74) is -0.191. The summed E-state index contributed by atoms with van der Waals surface area (Å²) in [7, 11) is 0. The van der Waals surface area contributed by atoms with E-state index in [2.05, 4.69) is 10.00 Å². The van der Waals surface area contributed by atoms with E-state index in [1.54, 1.807) is 12.1 Å². The van der Waals surface area contributed by atoms with Gasteiger partial charge in [0.15, 0.2) is 5.79 Å². The summed E-state index contributed by atoms with van der Waals surface area (Å²) in [6.07, 6.45) is -3.03. The molecular weight excluding hydrogens is 524 g/mol. The molecule has 4 aromatic rings. The first-order valence-corrected chi connectivity index (χ1v) is 12.5. The van der Waals surface area contributed by atoms with Crippen molar-refractivity contribution in [2.24, 2.45) is 0 Å². The predicted octanol–water partition coefficient (Wildman–Crippen LogP) is 6.53. The van der Waals surface area contributed by atoms with Crippen LogP contribution in [0.15, 0.2) is 54.6 Å². The van der Waals surface area contributed by atoms with E-state index in [4.69, 9.17) is 9.47 Å². The molecule has 1 spiro atoms. The van der Waals surface area contributed by atoms with Crippen molar-refractivity contribution in [3.8, 4) is 11.3 Å². The fourth-order valence-corrected chi connectivity index (χ4v) is 5.44. The largest absolute Gasteiger partial charge is 0.418 e. The third-order valence-electron chi connectivity index (χ3n) is 7.23. The maximum absolute atomic E-state index is 14.5. The van der Waals surface area contributed by atoms with Crippen LogP contribution in [0, 0.1) is 17.5 Å². The van der Waals surface area contributed by atoms with Crippen molar-refractivity contribution in [2.45, 2.75) is 31.3 Å². The van der Waals surface area contributed by atoms with Gasteiger partial charge >= 0.3 is 6.18 Å². The summed E-state index contributed by atoms with van der Waals surface area (Å²) in [5.74, 6) is -4.04. The first-order chi connectivity index (χ1) is 18.6. The average Bonchev–Trinajstić information content (AvgIpc) is 3.49. The minimum absolute atomic E-state index is 0.171. The van der Waals surface area contributed by atoms with Gasteiger partial charge in [-0.15, -0.1) is 0 Å². The Morgan fingerprint density at radius 1 is 0.923 bits per heavy atom. The van der Waals surface area contributed by atoms with Gasteiger partial charge in [-0.3, -0.25) is 4.68 Å². The van der Waals surface area contributed by atoms with Crippen LogP contribution in [0.2, 0.25) is 0 Å². The van der Waals surface area contributed by atoms with E-state index in [-0.39, 0.29) is 16.6 Å². The quantitative estimate of drug-likeness (QED) is 0.273. The van der Waals surface area contributed by atoms with Crippen molar-refractivity contribution in [1.29, 1.82) is 0 Å². The zero-order valence-electron chi connectivity index (χ0n) is 20.6. The fourth-order valence-electron chi connectivity index (χ4n) is 5.44. The van der Waals surface area contributed by atoms with E-state index in [0.29, 0.717) is 37.5 Å². The SMILES string of the molecule is Fc1cc(F)c(Cn2nc3c(C(F)(F)F)cccc3c2-c2ccc(N3CCCC4(C3)OCCO4)cc2)c(F)c1. The third-order valence-corrected chi connectivity index (χ3v) is 7.23. The van der Waals surface area contributed by atoms with E-state index in [0.717, 1.165) is 35.8 Å². The lowest BCUT2D eigenvalue weighted by molar-refractivity contribution is -0.161. The number of aromatic nitrogens is 2. The second-order valence-corrected chi connectivity index (χ2v) is 9.73. The van der Waals surface area contributed by atoms with Crippen molar-refractivity contribution in [2.75, 3.05) is 31.2 Å². The van der Waals surface area contributed by atoms with Crippen molar-refractivity contribution >= 4 is 16.6 Å². The third kappa shape index (κ3) is 4.74. The second kappa shape index (κ2) is 9.56. The van der Waals surface area contributed by atoms with Gasteiger partial charge in [-0.05, 0) is 24.6 Å². The number of nitrogens with zero attached hydrogens (tertiary/aromatic N) is 3. The van der Waals surface area contributed by atoms with Gasteiger partial charge in [0.2, 0.25) is 0 Å². The van der Waals surface area contributed by atoms with Crippen LogP contribution in [0.25, 0.3) is 22.2 Å². The zero-order valence-corrected chi connectivity index (χ0v) is 20.6. The van der Waals surface area contributed by atoms with Gasteiger partial charge in [-0.1, -0.05) is 24.3 Å². The molecule has 11 heteroatoms. The van der Waals surface area contributed by atoms with E-state index in [9.17, 15) is 26.3 Å². The van der Waals surface area contributed by atoms with Crippen LogP contribution in [0.3, 0.4) is 0 Å². The van der Waals surface area contributed by atoms with Gasteiger partial charge in [0.05, 0.1) is 37.6 Å². The van der Waals surface area contributed by atoms with Crippen molar-refractivity contribution in [3.05, 3.63) is 83.2 Å². The molecule has 2 saturated heterocycles. The van der Waals surface area contributed by atoms with Crippen molar-refractivity contribution in [3.63, 3.8) is 0 Å². The maximum Gasteiger partial charge on any atom is 0.418 e. The summed E-state index contributed by atoms with van der Waals surface area (Å²) >= 11 is 0. The standard InChI is InChI=1S/C28H23F6N3O2/c29-18-13-23(30)21(24(31)14-18)15-37-26(20-3-1-4-22(25(20)35-37)28(32,33)34)17-5-7-19(8-6-17)36-10-2-9-27(16-36)38-11-12-39-27/h1,3-8,13-14H,2,9-12,15-16H2. The Kier molecular flexibility index (Phi) is 6.30. The van der Waals surface area contributed by atoms with Gasteiger partial charge < -0.3 is 14.4 Å². The number of fused-ring (bicyclic) bond motifs is 1. The summed E-state index contributed by atoms with van der Waals surface area (Å²) in [6.45, 7) is 1.88. The Bertz CT molecular complexity index is 1500. The average molecular weight is 547 g/mol. The molecule has 0 unspecified atom stereocenters. The zero-order chi connectivity index (χ0) is 27.4. The molecule has 3 aromatic carbocycles. The monoisotopic (exact) mass is 547 g/mol. The van der Waals surface area contributed by atoms with Crippen LogP contribution < -0.4 is 4.90 Å². The molecule has 2 aliphatic heterocycles. The van der Waals surface area contributed by atoms with Gasteiger partial charge in [0.25, 0.3) is 0 Å². The molecule has 2 aliphatic rings. The highest BCUT2D eigenvalue weighted by molar-refractivity contribution is 5.95. The van der Waals surface area contributed by atoms with Crippen LogP contribution in [-0.4, -0.2) is 41.9 Å². The lowest BCUT2D eigenvalue weighted by atomic mass is 10.0. The molecule has 0 amide bonds. The molecule has 5 nitrogen and oxygen atoms in total. The Morgan fingerprint density at radius 2 is 1.62 bits per heavy atom. The smallest absolute Gasteiger partial charge is 0.366 e. The topological polar surface area (TPSA) is 39.5 Å². The van der Waals surface area contributed by atoms with Crippen LogP contribution in [-0.2, 0) is 22.2 Å². The lowest BCUT2D eigenvalue weighted by Crippen LogP contribution is -2.49. The Hall–Kier alpha value is -3.57. The molecule has 0 N–H and O–H groups in total. The molecule has 6 rings (SSSR count). The summed E-state index contributed by atoms with van der Waals surface area (Å²) in [5, 5.41) is 4.31. The minimum Gasteiger partial charge on any atom is -0.366 e. The van der Waals surface area contributed by atoms with Gasteiger partial charge in [-0.2, -0.15) is 18.3 Å². The number of piperidine rings is 1. The summed E-state index contributed by atoms with van der Waals surface area (Å²) in [4.78, 5) is 2.12. The predicted molar refractivity (Wildman–Crippen MR) is 132 cm³/mol. The number of anilines is 1. The molecule has 3 heterocycles. The lowest BCUT2D eigenvalue weighted by Gasteiger charge is -2.39. The van der Waals surface area contributed by atoms with E-state index >= 15 is 0 Å². The number of hydrogen-bond acceptors (Lipinski definition) is 4. The molecule has 0 radical (unpaired) electrons. The Morgan fingerprint density at radius 3 is 2.28 bits per heavy atom. The normalized spacial score (nSPS) is 17.4. The van der Waals surface area contributed by atoms with E-state index in [1.807, 2.05) is 12.1 Å². The number of benzene rings is 3. The molecule has 204 valence electrons. The van der Waals surface area contributed by atoms with E-state index < -0.39 is 47.1 Å². The molecule has 0 saturated carbocycles. The summed E-state index contributed by atoms with van der Waals surface area (Å²) < 4.78 is 96.8. The van der Waals surface area contributed by atoms with Gasteiger partial charge in [0.1, 0.15) is 23.0 Å². The van der Waals surface area contributed by atoms with Gasteiger partial charge in [0, 0.05) is 47.3 Å². The van der Waals surface area contributed by atoms with Gasteiger partial charge in [-0.25, -0.2) is 13.2 Å². The van der Waals surface area contributed by atoms with Crippen LogP contribution in [0.1, 0.15) is 24.0 Å². The first-order valence-electron chi connectivity index (χ1n) is 12.5. The highest BCUT2D eigenvalue weighted by Crippen LogP contribution is 2.39. The summed E-state index contributed by atoms with van der Waals surface area (Å²) in [6, 6.07) is 11.8. The highest BCUT2D eigenvalue weighted by atomic mass is 19.4. The fraction of sp³-hybridized carbons (Fsp3) is 0.321. The molecule has 1 aromatic heterocycles. The molecule has 0 aliphatic carbocycles. The van der Waals surface area contributed by atoms with Crippen molar-refractivity contribution in [1.82, 2.24) is 9.78 Å². The first kappa shape index (κ1) is 25.7. The second-order valence-electron chi connectivity index (χ2n) is 9.73. The van der Waals surface area contributed by atoms with Crippen LogP contribution in [0.4, 0.5) is 32.0 Å². The number of ether oxygens (including phenoxy) is 2. The molecule has 2 fully saturated rings. The number of hydrogen-bond donors (Lipinski definition) is 0. The van der Waals surface area contributed by atoms with E-state index in [1.165, 1.54) is 12.1 Å². The number of halogens is 6. The van der Waals surface area contributed by atoms with Crippen molar-refractivity contribution < 1.29 is 35.8 Å².